The molecule has 2 atom stereocenters. The molecule has 0 spiro atoms. The summed E-state index contributed by atoms with van der Waals surface area (Å²) in [6.07, 6.45) is -0.240. The van der Waals surface area contributed by atoms with Gasteiger partial charge in [-0.05, 0) is 40.7 Å². The Morgan fingerprint density at radius 3 is 1.65 bits per heavy atom. The number of hydrogen-bond acceptors (Lipinski definition) is 6. The molecule has 114 valence electrons. The Balaban J connectivity index is 2.80. The summed E-state index contributed by atoms with van der Waals surface area (Å²) < 4.78 is 20.9. The number of ether oxygens (including phenoxy) is 4. The van der Waals surface area contributed by atoms with Crippen LogP contribution in [0.15, 0.2) is 12.2 Å². The molecule has 0 saturated carbocycles. The highest BCUT2D eigenvalue weighted by molar-refractivity contribution is 5.86. The first kappa shape index (κ1) is 16.7. The normalized spacial score (nSPS) is 23.8. The molecule has 6 heteroatoms. The molecule has 1 aliphatic rings. The second kappa shape index (κ2) is 7.40. The molecule has 0 aromatic heterocycles. The van der Waals surface area contributed by atoms with E-state index in [0.717, 1.165) is 0 Å². The fourth-order valence-corrected chi connectivity index (χ4v) is 1.67. The van der Waals surface area contributed by atoms with Crippen LogP contribution in [0.25, 0.3) is 0 Å². The fraction of sp³-hybridized carbons (Fsp3) is 0.714. The molecular weight excluding hydrogens is 264 g/mol. The van der Waals surface area contributed by atoms with E-state index in [1.54, 1.807) is 46.8 Å². The monoisotopic (exact) mass is 286 g/mol. The van der Waals surface area contributed by atoms with Crippen LogP contribution in [0.2, 0.25) is 0 Å². The topological polar surface area (TPSA) is 71.1 Å². The minimum Gasteiger partial charge on any atom is -0.461 e. The smallest absolute Gasteiger partial charge is 0.339 e. The van der Waals surface area contributed by atoms with E-state index in [0.29, 0.717) is 0 Å². The molecule has 1 heterocycles. The summed E-state index contributed by atoms with van der Waals surface area (Å²) >= 11 is 0. The lowest BCUT2D eigenvalue weighted by molar-refractivity contribution is -0.167. The van der Waals surface area contributed by atoms with Gasteiger partial charge in [0.2, 0.25) is 0 Å². The lowest BCUT2D eigenvalue weighted by Crippen LogP contribution is -2.40. The van der Waals surface area contributed by atoms with Crippen molar-refractivity contribution in [1.82, 2.24) is 0 Å². The minimum absolute atomic E-state index is 0.298. The summed E-state index contributed by atoms with van der Waals surface area (Å²) in [7, 11) is 0. The van der Waals surface area contributed by atoms with E-state index < -0.39 is 30.4 Å². The average Bonchev–Trinajstić information content (AvgIpc) is 2.72. The van der Waals surface area contributed by atoms with Crippen molar-refractivity contribution in [2.24, 2.45) is 0 Å². The Morgan fingerprint density at radius 1 is 0.950 bits per heavy atom. The predicted molar refractivity (Wildman–Crippen MR) is 70.8 cm³/mol. The molecule has 0 bridgehead atoms. The minimum atomic E-state index is -1.11. The van der Waals surface area contributed by atoms with Crippen LogP contribution in [-0.4, -0.2) is 42.6 Å². The van der Waals surface area contributed by atoms with Gasteiger partial charge in [-0.25, -0.2) is 9.59 Å². The van der Waals surface area contributed by atoms with Crippen molar-refractivity contribution in [3.8, 4) is 0 Å². The summed E-state index contributed by atoms with van der Waals surface area (Å²) in [6, 6.07) is 0. The van der Waals surface area contributed by atoms with Gasteiger partial charge in [0.25, 0.3) is 0 Å². The molecule has 0 N–H and O–H groups in total. The van der Waals surface area contributed by atoms with E-state index in [4.69, 9.17) is 18.9 Å². The molecule has 1 aliphatic heterocycles. The number of allylic oxidation sites excluding steroid dienone is 1. The second-order valence-corrected chi connectivity index (χ2v) is 4.98. The first-order valence-electron chi connectivity index (χ1n) is 6.69. The zero-order chi connectivity index (χ0) is 15.3. The van der Waals surface area contributed by atoms with Crippen molar-refractivity contribution in [2.75, 3.05) is 0 Å². The molecule has 1 saturated heterocycles. The van der Waals surface area contributed by atoms with Gasteiger partial charge in [-0.3, -0.25) is 0 Å². The summed E-state index contributed by atoms with van der Waals surface area (Å²) in [5, 5.41) is 0. The molecule has 0 unspecified atom stereocenters. The van der Waals surface area contributed by atoms with Crippen LogP contribution in [0.3, 0.4) is 0 Å². The van der Waals surface area contributed by atoms with Crippen molar-refractivity contribution in [3.63, 3.8) is 0 Å². The molecule has 0 amide bonds. The van der Waals surface area contributed by atoms with Crippen molar-refractivity contribution >= 4 is 11.9 Å². The van der Waals surface area contributed by atoms with Crippen LogP contribution in [0.5, 0.6) is 0 Å². The highest BCUT2D eigenvalue weighted by atomic mass is 16.8. The van der Waals surface area contributed by atoms with E-state index in [2.05, 4.69) is 0 Å². The Kier molecular flexibility index (Phi) is 6.16. The van der Waals surface area contributed by atoms with Gasteiger partial charge in [0, 0.05) is 0 Å². The predicted octanol–water partition coefficient (Wildman–Crippen LogP) is 1.58. The van der Waals surface area contributed by atoms with Gasteiger partial charge in [0.1, 0.15) is 0 Å². The van der Waals surface area contributed by atoms with Gasteiger partial charge >= 0.3 is 11.9 Å². The van der Waals surface area contributed by atoms with Crippen LogP contribution in [0.1, 0.15) is 34.6 Å². The molecule has 0 aromatic rings. The third kappa shape index (κ3) is 4.61. The van der Waals surface area contributed by atoms with E-state index in [-0.39, 0.29) is 12.2 Å². The third-order valence-electron chi connectivity index (χ3n) is 2.35. The van der Waals surface area contributed by atoms with Crippen molar-refractivity contribution in [3.05, 3.63) is 12.2 Å². The maximum Gasteiger partial charge on any atom is 0.339 e. The Bertz CT molecular complexity index is 344. The van der Waals surface area contributed by atoms with E-state index in [1.807, 2.05) is 0 Å². The van der Waals surface area contributed by atoms with Crippen molar-refractivity contribution < 1.29 is 28.5 Å². The lowest BCUT2D eigenvalue weighted by atomic mass is 10.2. The molecule has 1 fully saturated rings. The number of carbonyl (C=O) groups excluding carboxylic acids is 2. The standard InChI is InChI=1S/C14H22O6/c1-6-7-10-19-11(13(15)17-8(2)3)12(20-10)14(16)18-9(4)5/h6-12H,1-5H3/b7-6+/t11-,12-/m0/s1. The molecular formula is C14H22O6. The van der Waals surface area contributed by atoms with E-state index >= 15 is 0 Å². The van der Waals surface area contributed by atoms with Crippen molar-refractivity contribution in [2.45, 2.75) is 65.3 Å². The Hall–Kier alpha value is -1.40. The van der Waals surface area contributed by atoms with Gasteiger partial charge in [0.05, 0.1) is 12.2 Å². The van der Waals surface area contributed by atoms with Gasteiger partial charge < -0.3 is 18.9 Å². The lowest BCUT2D eigenvalue weighted by Gasteiger charge is -2.17. The number of rotatable bonds is 5. The van der Waals surface area contributed by atoms with Gasteiger partial charge in [-0.15, -0.1) is 0 Å². The fourth-order valence-electron chi connectivity index (χ4n) is 1.67. The summed E-state index contributed by atoms with van der Waals surface area (Å²) in [4.78, 5) is 23.9. The van der Waals surface area contributed by atoms with Crippen LogP contribution in [-0.2, 0) is 28.5 Å². The highest BCUT2D eigenvalue weighted by Crippen LogP contribution is 2.23. The maximum absolute atomic E-state index is 11.9. The van der Waals surface area contributed by atoms with Gasteiger partial charge in [-0.2, -0.15) is 0 Å². The number of hydrogen-bond donors (Lipinski definition) is 0. The molecule has 0 aromatic carbocycles. The second-order valence-electron chi connectivity index (χ2n) is 4.98. The summed E-state index contributed by atoms with van der Waals surface area (Å²) in [5.74, 6) is -1.25. The average molecular weight is 286 g/mol. The van der Waals surface area contributed by atoms with Crippen molar-refractivity contribution in [1.29, 1.82) is 0 Å². The number of carbonyl (C=O) groups is 2. The zero-order valence-corrected chi connectivity index (χ0v) is 12.5. The summed E-state index contributed by atoms with van der Waals surface area (Å²) in [5.41, 5.74) is 0. The largest absolute Gasteiger partial charge is 0.461 e. The molecule has 1 rings (SSSR count). The first-order valence-corrected chi connectivity index (χ1v) is 6.69. The quantitative estimate of drug-likeness (QED) is 0.564. The van der Waals surface area contributed by atoms with E-state index in [9.17, 15) is 9.59 Å². The SMILES string of the molecule is C/C=C/C1O[C@H](C(=O)OC(C)C)[C@@H](C(=O)OC(C)C)O1. The Labute approximate surface area is 119 Å². The van der Waals surface area contributed by atoms with Crippen LogP contribution in [0, 0.1) is 0 Å². The van der Waals surface area contributed by atoms with Crippen LogP contribution >= 0.6 is 0 Å². The van der Waals surface area contributed by atoms with Crippen LogP contribution < -0.4 is 0 Å². The van der Waals surface area contributed by atoms with Gasteiger partial charge in [0.15, 0.2) is 18.5 Å². The summed E-state index contributed by atoms with van der Waals surface area (Å²) in [6.45, 7) is 8.67. The molecule has 20 heavy (non-hydrogen) atoms. The third-order valence-corrected chi connectivity index (χ3v) is 2.35. The molecule has 0 aliphatic carbocycles. The van der Waals surface area contributed by atoms with E-state index in [1.165, 1.54) is 0 Å². The maximum atomic E-state index is 11.9. The first-order chi connectivity index (χ1) is 9.35. The van der Waals surface area contributed by atoms with Gasteiger partial charge in [-0.1, -0.05) is 6.08 Å². The zero-order valence-electron chi connectivity index (χ0n) is 12.5. The number of esters is 2. The molecule has 0 radical (unpaired) electrons. The van der Waals surface area contributed by atoms with Crippen LogP contribution in [0.4, 0.5) is 0 Å². The Morgan fingerprint density at radius 2 is 1.35 bits per heavy atom. The molecule has 6 nitrogen and oxygen atoms in total. The highest BCUT2D eigenvalue weighted by Gasteiger charge is 2.46.